The highest BCUT2D eigenvalue weighted by Crippen LogP contribution is 2.16. The minimum Gasteiger partial charge on any atom is -0.387 e. The fraction of sp³-hybridized carbons (Fsp3) is 0.105. The van der Waals surface area contributed by atoms with Crippen molar-refractivity contribution < 1.29 is 26.0 Å². The lowest BCUT2D eigenvalue weighted by atomic mass is 10.2. The van der Waals surface area contributed by atoms with Crippen molar-refractivity contribution in [2.45, 2.75) is 0 Å². The summed E-state index contributed by atoms with van der Waals surface area (Å²) in [4.78, 5) is 33.5. The van der Waals surface area contributed by atoms with Crippen LogP contribution >= 0.6 is 34.8 Å². The Morgan fingerprint density at radius 2 is 1.39 bits per heavy atom. The van der Waals surface area contributed by atoms with Crippen LogP contribution in [0.3, 0.4) is 0 Å². The van der Waals surface area contributed by atoms with Crippen molar-refractivity contribution in [3.63, 3.8) is 0 Å². The van der Waals surface area contributed by atoms with Crippen LogP contribution in [0.4, 0.5) is 0 Å². The number of hydrogen-bond acceptors (Lipinski definition) is 8. The predicted octanol–water partition coefficient (Wildman–Crippen LogP) is 2.48. The maximum atomic E-state index is 11.4. The zero-order chi connectivity index (χ0) is 25.8. The van der Waals surface area contributed by atoms with Crippen molar-refractivity contribution >= 4 is 64.1 Å². The molecule has 182 valence electrons. The molecule has 0 saturated heterocycles. The number of rotatable bonds is 6. The Morgan fingerprint density at radius 3 is 1.67 bits per heavy atom. The van der Waals surface area contributed by atoms with Gasteiger partial charge in [-0.2, -0.15) is 0 Å². The normalized spacial score (nSPS) is 8.64. The average Bonchev–Trinajstić information content (AvgIpc) is 2.78. The van der Waals surface area contributed by atoms with Gasteiger partial charge in [-0.25, -0.2) is 5.26 Å². The van der Waals surface area contributed by atoms with Gasteiger partial charge >= 0.3 is 6.47 Å². The number of carbonyl (C=O) groups is 3. The molecule has 0 aliphatic carbocycles. The summed E-state index contributed by atoms with van der Waals surface area (Å²) in [5.41, 5.74) is 15.4. The van der Waals surface area contributed by atoms with Crippen LogP contribution in [0.1, 0.15) is 22.1 Å². The fourth-order valence-corrected chi connectivity index (χ4v) is 2.19. The smallest absolute Gasteiger partial charge is 0.330 e. The topological polar surface area (TPSA) is 218 Å². The van der Waals surface area contributed by atoms with Crippen molar-refractivity contribution in [2.75, 3.05) is 13.1 Å². The van der Waals surface area contributed by atoms with Gasteiger partial charge in [0.05, 0.1) is 34.3 Å². The summed E-state index contributed by atoms with van der Waals surface area (Å²) in [5, 5.41) is 23.1. The summed E-state index contributed by atoms with van der Waals surface area (Å²) >= 11 is 16.6. The predicted molar refractivity (Wildman–Crippen MR) is 130 cm³/mol. The van der Waals surface area contributed by atoms with E-state index in [1.54, 1.807) is 48.5 Å². The third-order valence-corrected chi connectivity index (χ3v) is 3.77. The van der Waals surface area contributed by atoms with Crippen LogP contribution in [-0.4, -0.2) is 47.6 Å². The number of nitrogens with one attached hydrogen (secondary N) is 3. The maximum Gasteiger partial charge on any atom is 0.330 e. The van der Waals surface area contributed by atoms with E-state index in [-0.39, 0.29) is 38.6 Å². The summed E-state index contributed by atoms with van der Waals surface area (Å²) in [5.74, 6) is -0.388. The van der Waals surface area contributed by atoms with Crippen LogP contribution in [0.5, 0.6) is 0 Å². The Balaban J connectivity index is -0.000000420. The molecule has 0 unspecified atom stereocenters. The SMILES string of the molecule is N=C(N)CN.N=C(N)CNC(=O)c1ccccc1Cl.O=C(Cl)c1ccccc1Cl.O=COO.[HH]. The van der Waals surface area contributed by atoms with E-state index >= 15 is 0 Å². The first-order chi connectivity index (χ1) is 15.5. The van der Waals surface area contributed by atoms with Crippen molar-refractivity contribution in [3.8, 4) is 0 Å². The number of halogens is 3. The molecule has 2 aromatic rings. The van der Waals surface area contributed by atoms with Gasteiger partial charge in [0.2, 0.25) is 0 Å². The Labute approximate surface area is 206 Å². The Hall–Kier alpha value is -3.22. The van der Waals surface area contributed by atoms with E-state index in [0.29, 0.717) is 21.2 Å². The van der Waals surface area contributed by atoms with Gasteiger partial charge in [-0.05, 0) is 35.9 Å². The van der Waals surface area contributed by atoms with Crippen LogP contribution in [0, 0.1) is 10.8 Å². The number of hydrogen-bond donors (Lipinski definition) is 7. The zero-order valence-corrected chi connectivity index (χ0v) is 19.3. The molecule has 0 saturated carbocycles. The van der Waals surface area contributed by atoms with E-state index in [4.69, 9.17) is 72.9 Å². The summed E-state index contributed by atoms with van der Waals surface area (Å²) in [6, 6.07) is 13.3. The van der Waals surface area contributed by atoms with Crippen LogP contribution in [0.25, 0.3) is 0 Å². The first-order valence-corrected chi connectivity index (χ1v) is 9.71. The molecular weight excluding hydrogens is 499 g/mol. The number of carbonyl (C=O) groups excluding carboxylic acids is 3. The molecule has 2 rings (SSSR count). The molecule has 0 aliphatic heterocycles. The molecule has 0 spiro atoms. The highest BCUT2D eigenvalue weighted by Gasteiger charge is 2.08. The number of nitrogens with two attached hydrogens (primary N) is 3. The van der Waals surface area contributed by atoms with Crippen molar-refractivity contribution in [3.05, 3.63) is 69.7 Å². The van der Waals surface area contributed by atoms with Crippen LogP contribution in [0.2, 0.25) is 10.0 Å². The zero-order valence-electron chi connectivity index (χ0n) is 17.1. The maximum absolute atomic E-state index is 11.4. The van der Waals surface area contributed by atoms with Gasteiger partial charge in [-0.3, -0.25) is 25.2 Å². The number of amides is 1. The molecule has 14 heteroatoms. The molecule has 0 aliphatic rings. The van der Waals surface area contributed by atoms with Gasteiger partial charge in [-0.1, -0.05) is 47.5 Å². The molecule has 11 nitrogen and oxygen atoms in total. The second kappa shape index (κ2) is 19.5. The largest absolute Gasteiger partial charge is 0.387 e. The lowest BCUT2D eigenvalue weighted by Gasteiger charge is -2.04. The standard InChI is InChI=1S/C9H10ClN3O.C7H4Cl2O.C2H7N3.CH2O3.H2/c10-7-4-2-1-3-6(7)9(14)13-5-8(11)12;8-6-4-2-1-3-5(6)7(9)10;3-1-2(4)5;2-1-4-3;/h1-4H,5H2,(H3,11,12)(H,13,14);1-4H;1,3H2,(H3,4,5);1,3H;1H. The van der Waals surface area contributed by atoms with Gasteiger partial charge in [0.25, 0.3) is 11.1 Å². The van der Waals surface area contributed by atoms with Crippen molar-refractivity contribution in [1.29, 1.82) is 10.8 Å². The first kappa shape index (κ1) is 32.0. The second-order valence-electron chi connectivity index (χ2n) is 5.37. The highest BCUT2D eigenvalue weighted by atomic mass is 35.5. The summed E-state index contributed by atoms with van der Waals surface area (Å²) in [6.07, 6.45) is 0. The van der Waals surface area contributed by atoms with Gasteiger partial charge in [0.15, 0.2) is 0 Å². The first-order valence-electron chi connectivity index (χ1n) is 8.58. The van der Waals surface area contributed by atoms with E-state index in [9.17, 15) is 9.59 Å². The number of benzene rings is 2. The molecule has 2 aromatic carbocycles. The van der Waals surface area contributed by atoms with E-state index in [1.807, 2.05) is 0 Å². The second-order valence-corrected chi connectivity index (χ2v) is 6.53. The molecular formula is C19H25Cl3N6O5. The fourth-order valence-electron chi connectivity index (χ4n) is 1.54. The van der Waals surface area contributed by atoms with Gasteiger partial charge in [0.1, 0.15) is 11.7 Å². The van der Waals surface area contributed by atoms with E-state index in [1.165, 1.54) is 0 Å². The minimum absolute atomic E-state index is 0. The van der Waals surface area contributed by atoms with Crippen LogP contribution < -0.4 is 22.5 Å². The molecule has 1 amide bonds. The Morgan fingerprint density at radius 1 is 1.00 bits per heavy atom. The van der Waals surface area contributed by atoms with Crippen molar-refractivity contribution in [2.24, 2.45) is 17.2 Å². The Bertz CT molecular complexity index is 937. The molecule has 0 aromatic heterocycles. The lowest BCUT2D eigenvalue weighted by molar-refractivity contribution is -0.217. The van der Waals surface area contributed by atoms with E-state index < -0.39 is 5.24 Å². The summed E-state index contributed by atoms with van der Waals surface area (Å²) < 4.78 is 0. The average molecular weight is 524 g/mol. The molecule has 0 bridgehead atoms. The third-order valence-electron chi connectivity index (χ3n) is 2.91. The minimum atomic E-state index is -0.523. The number of amidine groups is 2. The van der Waals surface area contributed by atoms with E-state index in [2.05, 4.69) is 10.2 Å². The summed E-state index contributed by atoms with van der Waals surface area (Å²) in [6.45, 7) is 0.129. The van der Waals surface area contributed by atoms with Gasteiger partial charge < -0.3 is 27.4 Å². The van der Waals surface area contributed by atoms with Crippen molar-refractivity contribution in [1.82, 2.24) is 5.32 Å². The molecule has 10 N–H and O–H groups in total. The van der Waals surface area contributed by atoms with E-state index in [0.717, 1.165) is 0 Å². The monoisotopic (exact) mass is 522 g/mol. The van der Waals surface area contributed by atoms with Gasteiger partial charge in [-0.15, -0.1) is 0 Å². The molecule has 33 heavy (non-hydrogen) atoms. The molecule has 0 heterocycles. The highest BCUT2D eigenvalue weighted by molar-refractivity contribution is 6.68. The molecule has 0 radical (unpaired) electrons. The van der Waals surface area contributed by atoms with Crippen LogP contribution in [0.15, 0.2) is 48.5 Å². The lowest BCUT2D eigenvalue weighted by Crippen LogP contribution is -2.32. The van der Waals surface area contributed by atoms with Gasteiger partial charge in [0, 0.05) is 1.43 Å². The Kier molecular flexibility index (Phi) is 18.9. The summed E-state index contributed by atoms with van der Waals surface area (Å²) in [7, 11) is 0. The van der Waals surface area contributed by atoms with Crippen LogP contribution in [-0.2, 0) is 9.68 Å². The molecule has 0 atom stereocenters. The molecule has 0 fully saturated rings. The quantitative estimate of drug-likeness (QED) is 0.0742. The third kappa shape index (κ3) is 17.1.